The Morgan fingerprint density at radius 2 is 1.92 bits per heavy atom. The zero-order chi connectivity index (χ0) is 18.4. The normalized spacial score (nSPS) is 14.6. The second-order valence-electron chi connectivity index (χ2n) is 6.69. The van der Waals surface area contributed by atoms with E-state index in [4.69, 9.17) is 11.6 Å². The van der Waals surface area contributed by atoms with Crippen LogP contribution in [-0.2, 0) is 6.54 Å². The molecule has 26 heavy (non-hydrogen) atoms. The molecule has 0 atom stereocenters. The van der Waals surface area contributed by atoms with E-state index in [0.29, 0.717) is 11.6 Å². The molecular weight excluding hydrogens is 348 g/mol. The number of hydrogen-bond acceptors (Lipinski definition) is 3. The first-order chi connectivity index (χ1) is 12.6. The van der Waals surface area contributed by atoms with Crippen molar-refractivity contribution in [2.24, 2.45) is 0 Å². The van der Waals surface area contributed by atoms with Gasteiger partial charge in [0.15, 0.2) is 0 Å². The van der Waals surface area contributed by atoms with Crippen LogP contribution in [0, 0.1) is 6.92 Å². The van der Waals surface area contributed by atoms with Crippen LogP contribution in [-0.4, -0.2) is 24.1 Å². The number of amides is 2. The SMILES string of the molecule is Cc1ccc(Cl)cc1NC(=O)NCc1ccnc(N2CCCCCC2)c1. The Hall–Kier alpha value is -2.27. The maximum Gasteiger partial charge on any atom is 0.319 e. The Bertz CT molecular complexity index is 757. The van der Waals surface area contributed by atoms with Gasteiger partial charge in [-0.2, -0.15) is 0 Å². The molecule has 1 aromatic heterocycles. The minimum Gasteiger partial charge on any atom is -0.357 e. The molecule has 1 saturated heterocycles. The molecular formula is C20H25ClN4O. The summed E-state index contributed by atoms with van der Waals surface area (Å²) < 4.78 is 0. The summed E-state index contributed by atoms with van der Waals surface area (Å²) in [6, 6.07) is 9.20. The highest BCUT2D eigenvalue weighted by Gasteiger charge is 2.12. The summed E-state index contributed by atoms with van der Waals surface area (Å²) in [5.74, 6) is 0.997. The van der Waals surface area contributed by atoms with Gasteiger partial charge in [-0.25, -0.2) is 9.78 Å². The lowest BCUT2D eigenvalue weighted by molar-refractivity contribution is 0.251. The molecule has 0 bridgehead atoms. The van der Waals surface area contributed by atoms with E-state index in [1.54, 1.807) is 12.1 Å². The van der Waals surface area contributed by atoms with E-state index in [2.05, 4.69) is 26.6 Å². The van der Waals surface area contributed by atoms with Crippen molar-refractivity contribution in [3.8, 4) is 0 Å². The minimum atomic E-state index is -0.247. The zero-order valence-electron chi connectivity index (χ0n) is 15.1. The van der Waals surface area contributed by atoms with Gasteiger partial charge in [0.2, 0.25) is 0 Å². The van der Waals surface area contributed by atoms with Crippen molar-refractivity contribution in [2.45, 2.75) is 39.2 Å². The van der Waals surface area contributed by atoms with Crippen molar-refractivity contribution in [1.29, 1.82) is 0 Å². The van der Waals surface area contributed by atoms with Crippen LogP contribution in [0.3, 0.4) is 0 Å². The van der Waals surface area contributed by atoms with Crippen LogP contribution >= 0.6 is 11.6 Å². The standard InChI is InChI=1S/C20H25ClN4O/c1-15-6-7-17(21)13-18(15)24-20(26)23-14-16-8-9-22-19(12-16)25-10-4-2-3-5-11-25/h6-9,12-13H,2-5,10-11,14H2,1H3,(H2,23,24,26). The number of nitrogens with one attached hydrogen (secondary N) is 2. The van der Waals surface area contributed by atoms with E-state index >= 15 is 0 Å². The third-order valence-corrected chi connectivity index (χ3v) is 4.88. The molecule has 0 aliphatic carbocycles. The summed E-state index contributed by atoms with van der Waals surface area (Å²) >= 11 is 5.99. The predicted molar refractivity (Wildman–Crippen MR) is 107 cm³/mol. The summed E-state index contributed by atoms with van der Waals surface area (Å²) in [5.41, 5.74) is 2.73. The lowest BCUT2D eigenvalue weighted by Crippen LogP contribution is -2.29. The van der Waals surface area contributed by atoms with Crippen LogP contribution in [0.2, 0.25) is 5.02 Å². The van der Waals surface area contributed by atoms with Crippen LogP contribution in [0.4, 0.5) is 16.3 Å². The van der Waals surface area contributed by atoms with Crippen LogP contribution in [0.5, 0.6) is 0 Å². The van der Waals surface area contributed by atoms with E-state index in [1.165, 1.54) is 25.7 Å². The lowest BCUT2D eigenvalue weighted by Gasteiger charge is -2.21. The van der Waals surface area contributed by atoms with Crippen molar-refractivity contribution < 1.29 is 4.79 Å². The number of nitrogens with zero attached hydrogens (tertiary/aromatic N) is 2. The monoisotopic (exact) mass is 372 g/mol. The lowest BCUT2D eigenvalue weighted by atomic mass is 10.2. The van der Waals surface area contributed by atoms with Crippen molar-refractivity contribution in [3.05, 3.63) is 52.7 Å². The second-order valence-corrected chi connectivity index (χ2v) is 7.13. The van der Waals surface area contributed by atoms with E-state index in [1.807, 2.05) is 25.3 Å². The molecule has 0 spiro atoms. The molecule has 0 unspecified atom stereocenters. The maximum atomic E-state index is 12.2. The van der Waals surface area contributed by atoms with Gasteiger partial charge in [0.25, 0.3) is 0 Å². The summed E-state index contributed by atoms with van der Waals surface area (Å²) in [6.45, 7) is 4.49. The van der Waals surface area contributed by atoms with Gasteiger partial charge in [0.1, 0.15) is 5.82 Å². The number of aromatic nitrogens is 1. The van der Waals surface area contributed by atoms with Gasteiger partial charge >= 0.3 is 6.03 Å². The molecule has 2 amide bonds. The predicted octanol–water partition coefficient (Wildman–Crippen LogP) is 4.75. The minimum absolute atomic E-state index is 0.247. The molecule has 1 aliphatic heterocycles. The summed E-state index contributed by atoms with van der Waals surface area (Å²) in [5, 5.41) is 6.34. The van der Waals surface area contributed by atoms with E-state index < -0.39 is 0 Å². The topological polar surface area (TPSA) is 57.3 Å². The fourth-order valence-electron chi connectivity index (χ4n) is 3.12. The molecule has 138 valence electrons. The Morgan fingerprint density at radius 1 is 1.15 bits per heavy atom. The number of carbonyl (C=O) groups excluding carboxylic acids is 1. The molecule has 2 heterocycles. The van der Waals surface area contributed by atoms with E-state index in [9.17, 15) is 4.79 Å². The molecule has 5 nitrogen and oxygen atoms in total. The van der Waals surface area contributed by atoms with Crippen LogP contribution in [0.1, 0.15) is 36.8 Å². The van der Waals surface area contributed by atoms with Crippen LogP contribution in [0.25, 0.3) is 0 Å². The van der Waals surface area contributed by atoms with Gasteiger partial charge < -0.3 is 15.5 Å². The van der Waals surface area contributed by atoms with Crippen molar-refractivity contribution in [3.63, 3.8) is 0 Å². The van der Waals surface area contributed by atoms with Crippen LogP contribution in [0.15, 0.2) is 36.5 Å². The first-order valence-corrected chi connectivity index (χ1v) is 9.50. The number of urea groups is 1. The number of anilines is 2. The van der Waals surface area contributed by atoms with Crippen LogP contribution < -0.4 is 15.5 Å². The average molecular weight is 373 g/mol. The number of aryl methyl sites for hydroxylation is 1. The zero-order valence-corrected chi connectivity index (χ0v) is 15.9. The Morgan fingerprint density at radius 3 is 2.69 bits per heavy atom. The number of hydrogen-bond donors (Lipinski definition) is 2. The molecule has 1 aliphatic rings. The maximum absolute atomic E-state index is 12.2. The number of pyridine rings is 1. The first kappa shape index (κ1) is 18.5. The van der Waals surface area contributed by atoms with Crippen molar-refractivity contribution in [2.75, 3.05) is 23.3 Å². The number of halogens is 1. The highest BCUT2D eigenvalue weighted by atomic mass is 35.5. The van der Waals surface area contributed by atoms with Crippen molar-refractivity contribution >= 4 is 29.1 Å². The molecule has 3 rings (SSSR count). The molecule has 2 aromatic rings. The largest absolute Gasteiger partial charge is 0.357 e. The fourth-order valence-corrected chi connectivity index (χ4v) is 3.29. The second kappa shape index (κ2) is 8.90. The molecule has 1 fully saturated rings. The molecule has 2 N–H and O–H groups in total. The average Bonchev–Trinajstić information content (AvgIpc) is 2.93. The number of rotatable bonds is 4. The molecule has 0 saturated carbocycles. The van der Waals surface area contributed by atoms with E-state index in [0.717, 1.165) is 35.7 Å². The fraction of sp³-hybridized carbons (Fsp3) is 0.400. The summed E-state index contributed by atoms with van der Waals surface area (Å²) in [4.78, 5) is 19.0. The quantitative estimate of drug-likeness (QED) is 0.814. The third-order valence-electron chi connectivity index (χ3n) is 4.64. The third kappa shape index (κ3) is 5.11. The van der Waals surface area contributed by atoms with Gasteiger partial charge in [-0.05, 0) is 55.2 Å². The van der Waals surface area contributed by atoms with E-state index in [-0.39, 0.29) is 6.03 Å². The van der Waals surface area contributed by atoms with Crippen molar-refractivity contribution in [1.82, 2.24) is 10.3 Å². The first-order valence-electron chi connectivity index (χ1n) is 9.13. The molecule has 1 aromatic carbocycles. The van der Waals surface area contributed by atoms with Gasteiger partial charge in [-0.1, -0.05) is 30.5 Å². The van der Waals surface area contributed by atoms with Gasteiger partial charge in [0, 0.05) is 36.5 Å². The number of benzene rings is 1. The Kier molecular flexibility index (Phi) is 6.34. The Balaban J connectivity index is 1.58. The Labute approximate surface area is 159 Å². The van der Waals surface area contributed by atoms with Gasteiger partial charge in [-0.15, -0.1) is 0 Å². The summed E-state index contributed by atoms with van der Waals surface area (Å²) in [6.07, 6.45) is 6.83. The van der Waals surface area contributed by atoms with Gasteiger partial charge in [0.05, 0.1) is 0 Å². The number of carbonyl (C=O) groups is 1. The smallest absolute Gasteiger partial charge is 0.319 e. The summed E-state index contributed by atoms with van der Waals surface area (Å²) in [7, 11) is 0. The highest BCUT2D eigenvalue weighted by Crippen LogP contribution is 2.20. The molecule has 0 radical (unpaired) electrons. The molecule has 6 heteroatoms. The van der Waals surface area contributed by atoms with Gasteiger partial charge in [-0.3, -0.25) is 0 Å². The highest BCUT2D eigenvalue weighted by molar-refractivity contribution is 6.31.